The minimum atomic E-state index is -0.348. The van der Waals surface area contributed by atoms with Gasteiger partial charge in [-0.3, -0.25) is 4.68 Å². The number of nitrogens with zero attached hydrogens (tertiary/aromatic N) is 2. The normalized spacial score (nSPS) is 17.0. The highest BCUT2D eigenvalue weighted by Crippen LogP contribution is 2.37. The van der Waals surface area contributed by atoms with Gasteiger partial charge in [0.05, 0.1) is 22.0 Å². The van der Waals surface area contributed by atoms with Gasteiger partial charge >= 0.3 is 0 Å². The number of aromatic nitrogens is 2. The fourth-order valence-electron chi connectivity index (χ4n) is 2.86. The largest absolute Gasteiger partial charge is 0.487 e. The molecule has 4 nitrogen and oxygen atoms in total. The van der Waals surface area contributed by atoms with Gasteiger partial charge in [0, 0.05) is 12.6 Å². The second kappa shape index (κ2) is 5.81. The van der Waals surface area contributed by atoms with Crippen LogP contribution in [0.4, 0.5) is 0 Å². The van der Waals surface area contributed by atoms with Crippen LogP contribution >= 0.6 is 15.9 Å². The molecule has 0 spiro atoms. The lowest BCUT2D eigenvalue weighted by Crippen LogP contribution is -2.05. The molecule has 1 N–H and O–H groups in total. The zero-order valence-electron chi connectivity index (χ0n) is 12.3. The molecule has 3 rings (SSSR count). The summed E-state index contributed by atoms with van der Waals surface area (Å²) in [6, 6.07) is 5.90. The van der Waals surface area contributed by atoms with E-state index in [1.54, 1.807) is 0 Å². The summed E-state index contributed by atoms with van der Waals surface area (Å²) in [6.45, 7) is 2.56. The van der Waals surface area contributed by atoms with Crippen molar-refractivity contribution in [1.29, 1.82) is 0 Å². The van der Waals surface area contributed by atoms with Crippen LogP contribution in [0, 0.1) is 0 Å². The molecule has 1 aliphatic rings. The minimum absolute atomic E-state index is 0.348. The summed E-state index contributed by atoms with van der Waals surface area (Å²) < 4.78 is 8.89. The van der Waals surface area contributed by atoms with Crippen LogP contribution in [0.15, 0.2) is 22.7 Å². The Morgan fingerprint density at radius 3 is 3.00 bits per heavy atom. The number of aliphatic hydroxyl groups is 1. The Morgan fingerprint density at radius 1 is 1.48 bits per heavy atom. The minimum Gasteiger partial charge on any atom is -0.487 e. The number of aliphatic hydroxyl groups excluding tert-OH is 1. The topological polar surface area (TPSA) is 47.3 Å². The Kier molecular flexibility index (Phi) is 4.04. The number of ether oxygens (including phenoxy) is 1. The zero-order chi connectivity index (χ0) is 15.0. The molecule has 0 radical (unpaired) electrons. The van der Waals surface area contributed by atoms with Crippen LogP contribution < -0.4 is 4.74 Å². The van der Waals surface area contributed by atoms with Gasteiger partial charge in [-0.1, -0.05) is 19.1 Å². The van der Waals surface area contributed by atoms with E-state index in [1.165, 1.54) is 0 Å². The molecule has 1 aliphatic carbocycles. The van der Waals surface area contributed by atoms with Gasteiger partial charge in [-0.05, 0) is 46.8 Å². The summed E-state index contributed by atoms with van der Waals surface area (Å²) in [4.78, 5) is 0. The van der Waals surface area contributed by atoms with Crippen LogP contribution in [-0.4, -0.2) is 14.9 Å². The second-order valence-electron chi connectivity index (χ2n) is 5.35. The van der Waals surface area contributed by atoms with Crippen molar-refractivity contribution in [3.63, 3.8) is 0 Å². The highest BCUT2D eigenvalue weighted by atomic mass is 79.9. The number of rotatable bonds is 4. The molecular formula is C16H19BrN2O2. The number of hydrogen-bond donors (Lipinski definition) is 1. The van der Waals surface area contributed by atoms with E-state index in [1.807, 2.05) is 29.9 Å². The summed E-state index contributed by atoms with van der Waals surface area (Å²) in [5.74, 6) is 0.871. The van der Waals surface area contributed by atoms with Gasteiger partial charge < -0.3 is 9.84 Å². The van der Waals surface area contributed by atoms with E-state index in [2.05, 4.69) is 28.0 Å². The van der Waals surface area contributed by atoms with Crippen molar-refractivity contribution >= 4 is 15.9 Å². The van der Waals surface area contributed by atoms with Gasteiger partial charge in [0.15, 0.2) is 0 Å². The van der Waals surface area contributed by atoms with E-state index >= 15 is 0 Å². The van der Waals surface area contributed by atoms with E-state index in [-0.39, 0.29) is 6.10 Å². The molecule has 0 fully saturated rings. The van der Waals surface area contributed by atoms with Crippen LogP contribution in [-0.2, 0) is 26.5 Å². The third-order valence-electron chi connectivity index (χ3n) is 4.06. The first-order chi connectivity index (χ1) is 10.1. The van der Waals surface area contributed by atoms with E-state index in [0.29, 0.717) is 6.61 Å². The van der Waals surface area contributed by atoms with E-state index in [9.17, 15) is 5.11 Å². The lowest BCUT2D eigenvalue weighted by molar-refractivity contribution is 0.180. The quantitative estimate of drug-likeness (QED) is 0.920. The molecule has 1 aromatic heterocycles. The van der Waals surface area contributed by atoms with Gasteiger partial charge in [-0.25, -0.2) is 0 Å². The van der Waals surface area contributed by atoms with Crippen LogP contribution in [0.1, 0.15) is 42.0 Å². The van der Waals surface area contributed by atoms with E-state index in [0.717, 1.165) is 52.0 Å². The maximum absolute atomic E-state index is 9.94. The van der Waals surface area contributed by atoms with Gasteiger partial charge in [0.25, 0.3) is 0 Å². The van der Waals surface area contributed by atoms with Crippen molar-refractivity contribution in [1.82, 2.24) is 9.78 Å². The van der Waals surface area contributed by atoms with Crippen molar-refractivity contribution in [2.75, 3.05) is 0 Å². The van der Waals surface area contributed by atoms with Crippen molar-refractivity contribution in [3.05, 3.63) is 45.2 Å². The molecule has 1 atom stereocenters. The lowest BCUT2D eigenvalue weighted by Gasteiger charge is -2.12. The average molecular weight is 351 g/mol. The first-order valence-electron chi connectivity index (χ1n) is 7.24. The van der Waals surface area contributed by atoms with Crippen molar-refractivity contribution in [3.8, 4) is 5.75 Å². The molecule has 112 valence electrons. The molecule has 2 aromatic rings. The number of fused-ring (bicyclic) bond motifs is 1. The summed E-state index contributed by atoms with van der Waals surface area (Å²) in [5.41, 5.74) is 4.22. The SMILES string of the molecule is CCc1nn(C)c(COc2cccc3c2CCC3O)c1Br. The fraction of sp³-hybridized carbons (Fsp3) is 0.438. The number of halogens is 1. The molecule has 1 heterocycles. The van der Waals surface area contributed by atoms with Crippen molar-refractivity contribution < 1.29 is 9.84 Å². The maximum atomic E-state index is 9.94. The van der Waals surface area contributed by atoms with Gasteiger partial charge in [-0.15, -0.1) is 0 Å². The predicted molar refractivity (Wildman–Crippen MR) is 84.3 cm³/mol. The van der Waals surface area contributed by atoms with E-state index in [4.69, 9.17) is 4.74 Å². The Hall–Kier alpha value is -1.33. The fourth-order valence-corrected chi connectivity index (χ4v) is 3.59. The van der Waals surface area contributed by atoms with Gasteiger partial charge in [0.1, 0.15) is 12.4 Å². The highest BCUT2D eigenvalue weighted by Gasteiger charge is 2.23. The maximum Gasteiger partial charge on any atom is 0.131 e. The molecule has 0 aliphatic heterocycles. The Labute approximate surface area is 132 Å². The molecule has 5 heteroatoms. The smallest absolute Gasteiger partial charge is 0.131 e. The molecule has 0 saturated heterocycles. The first-order valence-corrected chi connectivity index (χ1v) is 8.04. The summed E-state index contributed by atoms with van der Waals surface area (Å²) >= 11 is 3.60. The molecular weight excluding hydrogens is 332 g/mol. The van der Waals surface area contributed by atoms with Crippen LogP contribution in [0.3, 0.4) is 0 Å². The van der Waals surface area contributed by atoms with Gasteiger partial charge in [0.2, 0.25) is 0 Å². The number of hydrogen-bond acceptors (Lipinski definition) is 3. The van der Waals surface area contributed by atoms with Crippen LogP contribution in [0.25, 0.3) is 0 Å². The molecule has 0 amide bonds. The summed E-state index contributed by atoms with van der Waals surface area (Å²) in [7, 11) is 1.93. The average Bonchev–Trinajstić information content (AvgIpc) is 2.99. The number of aryl methyl sites for hydroxylation is 2. The van der Waals surface area contributed by atoms with Gasteiger partial charge in [-0.2, -0.15) is 5.10 Å². The third-order valence-corrected chi connectivity index (χ3v) is 4.98. The molecule has 1 unspecified atom stereocenters. The number of benzene rings is 1. The third kappa shape index (κ3) is 2.60. The molecule has 1 aromatic carbocycles. The van der Waals surface area contributed by atoms with E-state index < -0.39 is 0 Å². The highest BCUT2D eigenvalue weighted by molar-refractivity contribution is 9.10. The molecule has 0 bridgehead atoms. The Balaban J connectivity index is 1.82. The molecule has 21 heavy (non-hydrogen) atoms. The van der Waals surface area contributed by atoms with Crippen LogP contribution in [0.2, 0.25) is 0 Å². The second-order valence-corrected chi connectivity index (χ2v) is 6.14. The monoisotopic (exact) mass is 350 g/mol. The Bertz CT molecular complexity index is 667. The summed E-state index contributed by atoms with van der Waals surface area (Å²) in [5, 5.41) is 14.4. The molecule has 0 saturated carbocycles. The standard InChI is InChI=1S/C16H19BrN2O2/c1-3-12-16(17)13(19(2)18-12)9-21-15-6-4-5-10-11(15)7-8-14(10)20/h4-6,14,20H,3,7-9H2,1-2H3. The van der Waals surface area contributed by atoms with Crippen LogP contribution in [0.5, 0.6) is 5.75 Å². The Morgan fingerprint density at radius 2 is 2.29 bits per heavy atom. The zero-order valence-corrected chi connectivity index (χ0v) is 13.9. The first kappa shape index (κ1) is 14.6. The lowest BCUT2D eigenvalue weighted by atomic mass is 10.1. The summed E-state index contributed by atoms with van der Waals surface area (Å²) in [6.07, 6.45) is 2.20. The van der Waals surface area contributed by atoms with Crippen molar-refractivity contribution in [2.24, 2.45) is 7.05 Å². The van der Waals surface area contributed by atoms with Crippen molar-refractivity contribution in [2.45, 2.75) is 38.9 Å². The predicted octanol–water partition coefficient (Wildman–Crippen LogP) is 3.30.